The van der Waals surface area contributed by atoms with Gasteiger partial charge in [-0.3, -0.25) is 0 Å². The smallest absolute Gasteiger partial charge is 0.406 e. The maximum absolute atomic E-state index is 12.7. The van der Waals surface area contributed by atoms with Crippen LogP contribution in [0.2, 0.25) is 0 Å². The number of hydrogen-bond donors (Lipinski definition) is 1. The Balaban J connectivity index is 2.11. The van der Waals surface area contributed by atoms with Crippen LogP contribution in [0.4, 0.5) is 26.3 Å². The van der Waals surface area contributed by atoms with Gasteiger partial charge in [0.1, 0.15) is 17.5 Å². The van der Waals surface area contributed by atoms with Crippen molar-refractivity contribution in [3.05, 3.63) is 53.7 Å². The summed E-state index contributed by atoms with van der Waals surface area (Å²) >= 11 is 0. The van der Waals surface area contributed by atoms with E-state index in [9.17, 15) is 26.3 Å². The lowest BCUT2D eigenvalue weighted by atomic mass is 9.99. The molecule has 2 aromatic carbocycles. The Hall–Kier alpha value is -3.55. The van der Waals surface area contributed by atoms with E-state index in [-0.39, 0.29) is 28.1 Å². The number of alkyl halides is 6. The lowest BCUT2D eigenvalue weighted by molar-refractivity contribution is -0.274. The lowest BCUT2D eigenvalue weighted by Crippen LogP contribution is -2.17. The minimum atomic E-state index is -4.99. The van der Waals surface area contributed by atoms with E-state index in [1.54, 1.807) is 6.07 Å². The zero-order chi connectivity index (χ0) is 20.5. The predicted molar refractivity (Wildman–Crippen MR) is 83.7 cm³/mol. The number of aromatic nitrogens is 3. The number of ether oxygens (including phenoxy) is 1. The summed E-state index contributed by atoms with van der Waals surface area (Å²) < 4.78 is 80.0. The van der Waals surface area contributed by atoms with Crippen molar-refractivity contribution in [2.75, 3.05) is 0 Å². The zero-order valence-electron chi connectivity index (χ0n) is 13.6. The Morgan fingerprint density at radius 3 is 2.07 bits per heavy atom. The van der Waals surface area contributed by atoms with Crippen molar-refractivity contribution in [3.63, 3.8) is 0 Å². The number of aromatic amines is 1. The number of nitrogens with zero attached hydrogens (tertiary/aromatic N) is 3. The van der Waals surface area contributed by atoms with Gasteiger partial charge in [0, 0.05) is 5.56 Å². The van der Waals surface area contributed by atoms with Crippen molar-refractivity contribution in [1.29, 1.82) is 5.26 Å². The highest BCUT2D eigenvalue weighted by atomic mass is 19.4. The van der Waals surface area contributed by atoms with Gasteiger partial charge < -0.3 is 4.74 Å². The van der Waals surface area contributed by atoms with Crippen LogP contribution in [0.3, 0.4) is 0 Å². The molecule has 1 heterocycles. The van der Waals surface area contributed by atoms with E-state index in [0.717, 1.165) is 36.4 Å². The largest absolute Gasteiger partial charge is 0.573 e. The van der Waals surface area contributed by atoms with Gasteiger partial charge in [-0.1, -0.05) is 12.1 Å². The van der Waals surface area contributed by atoms with E-state index in [1.807, 2.05) is 0 Å². The van der Waals surface area contributed by atoms with Crippen molar-refractivity contribution in [3.8, 4) is 34.2 Å². The van der Waals surface area contributed by atoms with Crippen molar-refractivity contribution in [2.45, 2.75) is 12.5 Å². The number of nitriles is 1. The SMILES string of the molecule is N#Cc1n[nH]nc1-c1cc(OC(F)(F)F)cc(-c2ccc(C(F)(F)F)cc2)c1. The molecule has 0 aliphatic rings. The number of H-pyrrole nitrogens is 1. The second kappa shape index (κ2) is 6.88. The van der Waals surface area contributed by atoms with Gasteiger partial charge in [0.2, 0.25) is 0 Å². The molecule has 144 valence electrons. The third kappa shape index (κ3) is 4.22. The first-order chi connectivity index (χ1) is 13.1. The number of hydrogen-bond acceptors (Lipinski definition) is 4. The zero-order valence-corrected chi connectivity index (χ0v) is 13.6. The van der Waals surface area contributed by atoms with Gasteiger partial charge in [0.25, 0.3) is 0 Å². The minimum Gasteiger partial charge on any atom is -0.406 e. The fourth-order valence-electron chi connectivity index (χ4n) is 2.46. The van der Waals surface area contributed by atoms with Gasteiger partial charge in [-0.25, -0.2) is 0 Å². The fraction of sp³-hybridized carbons (Fsp3) is 0.118. The van der Waals surface area contributed by atoms with E-state index < -0.39 is 23.9 Å². The van der Waals surface area contributed by atoms with Crippen LogP contribution < -0.4 is 4.74 Å². The molecule has 11 heteroatoms. The summed E-state index contributed by atoms with van der Waals surface area (Å²) in [5, 5.41) is 18.5. The molecular weight excluding hydrogens is 390 g/mol. The summed E-state index contributed by atoms with van der Waals surface area (Å²) in [6.45, 7) is 0. The monoisotopic (exact) mass is 398 g/mol. The Morgan fingerprint density at radius 1 is 0.857 bits per heavy atom. The first-order valence-electron chi connectivity index (χ1n) is 7.46. The molecule has 0 aliphatic carbocycles. The van der Waals surface area contributed by atoms with Crippen LogP contribution >= 0.6 is 0 Å². The molecular formula is C17H8F6N4O. The second-order valence-corrected chi connectivity index (χ2v) is 5.50. The number of benzene rings is 2. The van der Waals surface area contributed by atoms with Crippen LogP contribution in [0.1, 0.15) is 11.3 Å². The summed E-state index contributed by atoms with van der Waals surface area (Å²) in [7, 11) is 0. The third-order valence-corrected chi connectivity index (χ3v) is 3.61. The molecule has 0 fully saturated rings. The normalized spacial score (nSPS) is 11.9. The summed E-state index contributed by atoms with van der Waals surface area (Å²) in [6, 6.07) is 8.97. The molecule has 0 atom stereocenters. The number of nitrogens with one attached hydrogen (secondary N) is 1. The number of rotatable bonds is 3. The summed E-state index contributed by atoms with van der Waals surface area (Å²) in [6.07, 6.45) is -9.54. The molecule has 5 nitrogen and oxygen atoms in total. The van der Waals surface area contributed by atoms with Gasteiger partial charge in [-0.15, -0.1) is 18.3 Å². The Bertz CT molecular complexity index is 1030. The third-order valence-electron chi connectivity index (χ3n) is 3.61. The maximum Gasteiger partial charge on any atom is 0.573 e. The van der Waals surface area contributed by atoms with Gasteiger partial charge in [-0.2, -0.15) is 28.7 Å². The first-order valence-corrected chi connectivity index (χ1v) is 7.46. The van der Waals surface area contributed by atoms with Crippen LogP contribution in [-0.4, -0.2) is 21.8 Å². The van der Waals surface area contributed by atoms with Crippen molar-refractivity contribution >= 4 is 0 Å². The van der Waals surface area contributed by atoms with Crippen molar-refractivity contribution < 1.29 is 31.1 Å². The topological polar surface area (TPSA) is 74.6 Å². The van der Waals surface area contributed by atoms with E-state index in [4.69, 9.17) is 5.26 Å². The van der Waals surface area contributed by atoms with Crippen LogP contribution in [-0.2, 0) is 6.18 Å². The van der Waals surface area contributed by atoms with Crippen molar-refractivity contribution in [2.24, 2.45) is 0 Å². The number of halogens is 6. The minimum absolute atomic E-state index is 0.0247. The van der Waals surface area contributed by atoms with Gasteiger partial charge >= 0.3 is 12.5 Å². The molecule has 0 aliphatic heterocycles. The summed E-state index contributed by atoms with van der Waals surface area (Å²) in [4.78, 5) is 0. The molecule has 0 saturated heterocycles. The quantitative estimate of drug-likeness (QED) is 0.635. The van der Waals surface area contributed by atoms with E-state index in [0.29, 0.717) is 0 Å². The Kier molecular flexibility index (Phi) is 4.72. The highest BCUT2D eigenvalue weighted by Gasteiger charge is 2.32. The second-order valence-electron chi connectivity index (χ2n) is 5.50. The lowest BCUT2D eigenvalue weighted by Gasteiger charge is -2.13. The average Bonchev–Trinajstić information content (AvgIpc) is 3.08. The summed E-state index contributed by atoms with van der Waals surface area (Å²) in [5.41, 5.74) is -0.670. The van der Waals surface area contributed by atoms with E-state index in [2.05, 4.69) is 20.1 Å². The predicted octanol–water partition coefficient (Wildman–Crippen LogP) is 4.93. The van der Waals surface area contributed by atoms with Crippen LogP contribution in [0, 0.1) is 11.3 Å². The van der Waals surface area contributed by atoms with Crippen LogP contribution in [0.5, 0.6) is 5.75 Å². The average molecular weight is 398 g/mol. The first kappa shape index (κ1) is 19.2. The van der Waals surface area contributed by atoms with E-state index >= 15 is 0 Å². The summed E-state index contributed by atoms with van der Waals surface area (Å²) in [5.74, 6) is -0.619. The Labute approximate surface area is 153 Å². The Morgan fingerprint density at radius 2 is 1.50 bits per heavy atom. The maximum atomic E-state index is 12.7. The van der Waals surface area contributed by atoms with Gasteiger partial charge in [0.05, 0.1) is 5.56 Å². The van der Waals surface area contributed by atoms with Crippen LogP contribution in [0.15, 0.2) is 42.5 Å². The molecule has 28 heavy (non-hydrogen) atoms. The molecule has 0 saturated carbocycles. The fourth-order valence-corrected chi connectivity index (χ4v) is 2.46. The molecule has 0 unspecified atom stereocenters. The molecule has 3 aromatic rings. The van der Waals surface area contributed by atoms with Gasteiger partial charge in [0.15, 0.2) is 5.69 Å². The molecule has 3 rings (SSSR count). The molecule has 1 aromatic heterocycles. The highest BCUT2D eigenvalue weighted by molar-refractivity contribution is 5.75. The standard InChI is InChI=1S/C17H8F6N4O/c18-16(19,20)12-3-1-9(2-4-12)10-5-11(15-14(8-24)25-27-26-15)7-13(6-10)28-17(21,22)23/h1-7H,(H,25,26,27). The molecule has 0 amide bonds. The van der Waals surface area contributed by atoms with Crippen LogP contribution in [0.25, 0.3) is 22.4 Å². The highest BCUT2D eigenvalue weighted by Crippen LogP contribution is 2.35. The molecule has 1 N–H and O–H groups in total. The van der Waals surface area contributed by atoms with Gasteiger partial charge in [-0.05, 0) is 41.5 Å². The molecule has 0 spiro atoms. The van der Waals surface area contributed by atoms with Crippen molar-refractivity contribution in [1.82, 2.24) is 15.4 Å². The molecule has 0 bridgehead atoms. The molecule has 0 radical (unpaired) electrons. The van der Waals surface area contributed by atoms with E-state index in [1.165, 1.54) is 6.07 Å².